The SMILES string of the molecule is Nc1[nH]nc2nc(-c3ccc(Cl)cc3)cc(-c3ccc(Cl)cc3)c12. The van der Waals surface area contributed by atoms with Gasteiger partial charge >= 0.3 is 0 Å². The molecule has 0 aliphatic heterocycles. The third-order valence-corrected chi connectivity index (χ3v) is 4.35. The molecule has 0 aliphatic rings. The number of aromatic nitrogens is 3. The van der Waals surface area contributed by atoms with Crippen LogP contribution in [0.5, 0.6) is 0 Å². The van der Waals surface area contributed by atoms with E-state index in [-0.39, 0.29) is 0 Å². The molecule has 4 rings (SSSR count). The van der Waals surface area contributed by atoms with Crippen LogP contribution in [-0.2, 0) is 0 Å². The Morgan fingerprint density at radius 1 is 0.833 bits per heavy atom. The van der Waals surface area contributed by atoms with E-state index in [0.29, 0.717) is 21.5 Å². The molecule has 0 unspecified atom stereocenters. The van der Waals surface area contributed by atoms with Crippen molar-refractivity contribution in [3.05, 3.63) is 64.6 Å². The van der Waals surface area contributed by atoms with Gasteiger partial charge in [0.05, 0.1) is 11.1 Å². The molecule has 118 valence electrons. The van der Waals surface area contributed by atoms with Gasteiger partial charge < -0.3 is 5.73 Å². The van der Waals surface area contributed by atoms with Gasteiger partial charge in [0, 0.05) is 15.6 Å². The molecule has 0 atom stereocenters. The third-order valence-electron chi connectivity index (χ3n) is 3.85. The van der Waals surface area contributed by atoms with Crippen LogP contribution in [-0.4, -0.2) is 15.2 Å². The molecular formula is C18H12Cl2N4. The van der Waals surface area contributed by atoms with Gasteiger partial charge in [-0.2, -0.15) is 5.10 Å². The predicted octanol–water partition coefficient (Wildman–Crippen LogP) is 5.18. The summed E-state index contributed by atoms with van der Waals surface area (Å²) < 4.78 is 0. The minimum atomic E-state index is 0.491. The van der Waals surface area contributed by atoms with E-state index in [0.717, 1.165) is 27.8 Å². The van der Waals surface area contributed by atoms with E-state index in [4.69, 9.17) is 28.9 Å². The van der Waals surface area contributed by atoms with Gasteiger partial charge in [0.15, 0.2) is 5.65 Å². The van der Waals surface area contributed by atoms with E-state index in [2.05, 4.69) is 15.2 Å². The lowest BCUT2D eigenvalue weighted by Gasteiger charge is -2.08. The van der Waals surface area contributed by atoms with Crippen LogP contribution in [0.15, 0.2) is 54.6 Å². The number of rotatable bonds is 2. The maximum Gasteiger partial charge on any atom is 0.184 e. The fourth-order valence-electron chi connectivity index (χ4n) is 2.67. The molecule has 2 aromatic carbocycles. The zero-order valence-corrected chi connectivity index (χ0v) is 13.9. The molecule has 0 saturated heterocycles. The number of anilines is 1. The molecule has 0 fully saturated rings. The molecule has 2 heterocycles. The number of halogens is 2. The van der Waals surface area contributed by atoms with Crippen LogP contribution >= 0.6 is 23.2 Å². The molecular weight excluding hydrogens is 343 g/mol. The number of nitrogens with zero attached hydrogens (tertiary/aromatic N) is 2. The zero-order chi connectivity index (χ0) is 16.7. The van der Waals surface area contributed by atoms with E-state index in [1.165, 1.54) is 0 Å². The summed E-state index contributed by atoms with van der Waals surface area (Å²) in [7, 11) is 0. The minimum absolute atomic E-state index is 0.491. The Balaban J connectivity index is 1.98. The number of nitrogens with two attached hydrogens (primary N) is 1. The molecule has 2 aromatic heterocycles. The van der Waals surface area contributed by atoms with Gasteiger partial charge in [0.2, 0.25) is 0 Å². The summed E-state index contributed by atoms with van der Waals surface area (Å²) in [5.41, 5.74) is 10.3. The van der Waals surface area contributed by atoms with Crippen molar-refractivity contribution in [3.63, 3.8) is 0 Å². The van der Waals surface area contributed by atoms with Crippen molar-refractivity contribution in [2.24, 2.45) is 0 Å². The van der Waals surface area contributed by atoms with E-state index in [9.17, 15) is 0 Å². The first kappa shape index (κ1) is 15.0. The zero-order valence-electron chi connectivity index (χ0n) is 12.4. The highest BCUT2D eigenvalue weighted by molar-refractivity contribution is 6.31. The van der Waals surface area contributed by atoms with Gasteiger partial charge in [0.25, 0.3) is 0 Å². The van der Waals surface area contributed by atoms with Gasteiger partial charge in [-0.15, -0.1) is 0 Å². The van der Waals surface area contributed by atoms with Gasteiger partial charge in [-0.05, 0) is 41.5 Å². The maximum absolute atomic E-state index is 6.05. The first-order valence-electron chi connectivity index (χ1n) is 7.28. The van der Waals surface area contributed by atoms with Crippen LogP contribution in [0.2, 0.25) is 10.0 Å². The summed E-state index contributed by atoms with van der Waals surface area (Å²) in [6, 6.07) is 17.1. The smallest absolute Gasteiger partial charge is 0.184 e. The normalized spacial score (nSPS) is 11.1. The largest absolute Gasteiger partial charge is 0.383 e. The number of H-pyrrole nitrogens is 1. The number of benzene rings is 2. The van der Waals surface area contributed by atoms with E-state index >= 15 is 0 Å². The van der Waals surface area contributed by atoms with Crippen LogP contribution in [0, 0.1) is 0 Å². The summed E-state index contributed by atoms with van der Waals surface area (Å²) in [6.45, 7) is 0. The van der Waals surface area contributed by atoms with Crippen molar-refractivity contribution in [1.29, 1.82) is 0 Å². The summed E-state index contributed by atoms with van der Waals surface area (Å²) in [4.78, 5) is 4.61. The number of fused-ring (bicyclic) bond motifs is 1. The van der Waals surface area contributed by atoms with Gasteiger partial charge in [-0.1, -0.05) is 47.5 Å². The maximum atomic E-state index is 6.05. The molecule has 4 aromatic rings. The van der Waals surface area contributed by atoms with Gasteiger partial charge in [-0.3, -0.25) is 5.10 Å². The second-order valence-electron chi connectivity index (χ2n) is 5.40. The fourth-order valence-corrected chi connectivity index (χ4v) is 2.92. The van der Waals surface area contributed by atoms with Crippen LogP contribution in [0.1, 0.15) is 0 Å². The summed E-state index contributed by atoms with van der Waals surface area (Å²) in [5.74, 6) is 0.491. The van der Waals surface area contributed by atoms with E-state index in [1.807, 2.05) is 54.6 Å². The van der Waals surface area contributed by atoms with E-state index in [1.54, 1.807) is 0 Å². The van der Waals surface area contributed by atoms with Crippen molar-refractivity contribution in [3.8, 4) is 22.4 Å². The van der Waals surface area contributed by atoms with Gasteiger partial charge in [0.1, 0.15) is 5.82 Å². The van der Waals surface area contributed by atoms with Crippen molar-refractivity contribution in [2.75, 3.05) is 5.73 Å². The molecule has 0 amide bonds. The van der Waals surface area contributed by atoms with Gasteiger partial charge in [-0.25, -0.2) is 4.98 Å². The van der Waals surface area contributed by atoms with Crippen molar-refractivity contribution in [2.45, 2.75) is 0 Å². The molecule has 6 heteroatoms. The molecule has 0 bridgehead atoms. The average Bonchev–Trinajstić information content (AvgIpc) is 2.97. The summed E-state index contributed by atoms with van der Waals surface area (Å²) >= 11 is 12.0. The second kappa shape index (κ2) is 5.82. The number of hydrogen-bond donors (Lipinski definition) is 2. The molecule has 4 nitrogen and oxygen atoms in total. The Labute approximate surface area is 148 Å². The third kappa shape index (κ3) is 2.60. The molecule has 24 heavy (non-hydrogen) atoms. The highest BCUT2D eigenvalue weighted by Crippen LogP contribution is 2.34. The molecule has 0 aliphatic carbocycles. The monoisotopic (exact) mass is 354 g/mol. The van der Waals surface area contributed by atoms with Crippen LogP contribution in [0.3, 0.4) is 0 Å². The lowest BCUT2D eigenvalue weighted by Crippen LogP contribution is -1.91. The van der Waals surface area contributed by atoms with Crippen molar-refractivity contribution < 1.29 is 0 Å². The highest BCUT2D eigenvalue weighted by Gasteiger charge is 2.14. The van der Waals surface area contributed by atoms with Crippen LogP contribution < -0.4 is 5.73 Å². The average molecular weight is 355 g/mol. The van der Waals surface area contributed by atoms with Crippen molar-refractivity contribution >= 4 is 40.1 Å². The fraction of sp³-hybridized carbons (Fsp3) is 0. The Bertz CT molecular complexity index is 1020. The number of aromatic amines is 1. The first-order valence-corrected chi connectivity index (χ1v) is 8.04. The molecule has 0 spiro atoms. The summed E-state index contributed by atoms with van der Waals surface area (Å²) in [6.07, 6.45) is 0. The Kier molecular flexibility index (Phi) is 3.63. The Hall–Kier alpha value is -2.56. The summed E-state index contributed by atoms with van der Waals surface area (Å²) in [5, 5.41) is 9.18. The predicted molar refractivity (Wildman–Crippen MR) is 99.2 cm³/mol. The van der Waals surface area contributed by atoms with Crippen LogP contribution in [0.4, 0.5) is 5.82 Å². The highest BCUT2D eigenvalue weighted by atomic mass is 35.5. The number of hydrogen-bond acceptors (Lipinski definition) is 3. The second-order valence-corrected chi connectivity index (χ2v) is 6.28. The van der Waals surface area contributed by atoms with Crippen molar-refractivity contribution in [1.82, 2.24) is 15.2 Å². The minimum Gasteiger partial charge on any atom is -0.383 e. The molecule has 0 saturated carbocycles. The number of pyridine rings is 1. The number of nitrogens with one attached hydrogen (secondary N) is 1. The Morgan fingerprint density at radius 2 is 1.42 bits per heavy atom. The molecule has 3 N–H and O–H groups in total. The van der Waals surface area contributed by atoms with Crippen LogP contribution in [0.25, 0.3) is 33.4 Å². The standard InChI is InChI=1S/C18H12Cl2N4/c19-12-5-1-10(2-6-12)14-9-15(11-3-7-13(20)8-4-11)22-18-16(14)17(21)23-24-18/h1-9H,(H3,21,22,23,24). The molecule has 0 radical (unpaired) electrons. The lowest BCUT2D eigenvalue weighted by molar-refractivity contribution is 1.11. The topological polar surface area (TPSA) is 67.6 Å². The van der Waals surface area contributed by atoms with E-state index < -0.39 is 0 Å². The quantitative estimate of drug-likeness (QED) is 0.521. The number of nitrogen functional groups attached to an aromatic ring is 1. The Morgan fingerprint density at radius 3 is 2.04 bits per heavy atom. The lowest BCUT2D eigenvalue weighted by atomic mass is 10.0. The first-order chi connectivity index (χ1) is 11.6.